The molecule has 6 heteroatoms. The van der Waals surface area contributed by atoms with Crippen molar-refractivity contribution in [2.75, 3.05) is 5.32 Å². The first-order valence-electron chi connectivity index (χ1n) is 7.42. The predicted octanol–water partition coefficient (Wildman–Crippen LogP) is 3.12. The molecule has 1 heterocycles. The predicted molar refractivity (Wildman–Crippen MR) is 93.0 cm³/mol. The summed E-state index contributed by atoms with van der Waals surface area (Å²) in [4.78, 5) is 29.9. The van der Waals surface area contributed by atoms with Crippen LogP contribution in [0.4, 0.5) is 10.8 Å². The monoisotopic (exact) mass is 335 g/mol. The molecular weight excluding hydrogens is 322 g/mol. The Labute approximate surface area is 142 Å². The fourth-order valence-electron chi connectivity index (χ4n) is 2.82. The van der Waals surface area contributed by atoms with Gasteiger partial charge in [-0.3, -0.25) is 9.59 Å². The van der Waals surface area contributed by atoms with Gasteiger partial charge < -0.3 is 11.1 Å². The number of thiazole rings is 1. The zero-order chi connectivity index (χ0) is 16.7. The molecule has 5 nitrogen and oxygen atoms in total. The van der Waals surface area contributed by atoms with E-state index in [1.807, 2.05) is 5.38 Å². The number of benzene rings is 2. The third-order valence-electron chi connectivity index (χ3n) is 3.95. The van der Waals surface area contributed by atoms with Crippen LogP contribution in [0.3, 0.4) is 0 Å². The molecule has 0 atom stereocenters. The zero-order valence-corrected chi connectivity index (χ0v) is 13.4. The summed E-state index contributed by atoms with van der Waals surface area (Å²) in [6.45, 7) is 0.357. The van der Waals surface area contributed by atoms with Crippen molar-refractivity contribution in [1.82, 2.24) is 4.98 Å². The molecule has 3 aromatic rings. The van der Waals surface area contributed by atoms with E-state index in [1.165, 1.54) is 11.3 Å². The highest BCUT2D eigenvalue weighted by Crippen LogP contribution is 2.33. The number of carbonyl (C=O) groups is 2. The van der Waals surface area contributed by atoms with Gasteiger partial charge in [0.2, 0.25) is 0 Å². The Morgan fingerprint density at radius 3 is 2.38 bits per heavy atom. The molecule has 2 aromatic carbocycles. The first-order chi connectivity index (χ1) is 11.7. The van der Waals surface area contributed by atoms with Crippen LogP contribution in [0, 0.1) is 0 Å². The molecule has 1 aliphatic rings. The molecule has 3 N–H and O–H groups in total. The van der Waals surface area contributed by atoms with Gasteiger partial charge in [-0.25, -0.2) is 4.98 Å². The van der Waals surface area contributed by atoms with Crippen LogP contribution >= 0.6 is 11.3 Å². The zero-order valence-electron chi connectivity index (χ0n) is 12.6. The number of aromatic nitrogens is 1. The summed E-state index contributed by atoms with van der Waals surface area (Å²) < 4.78 is 0. The van der Waals surface area contributed by atoms with Crippen molar-refractivity contribution in [3.8, 4) is 0 Å². The highest BCUT2D eigenvalue weighted by atomic mass is 32.1. The second kappa shape index (κ2) is 5.67. The van der Waals surface area contributed by atoms with Crippen LogP contribution in [0.5, 0.6) is 0 Å². The number of nitrogens with two attached hydrogens (primary N) is 1. The van der Waals surface area contributed by atoms with E-state index in [0.29, 0.717) is 39.6 Å². The highest BCUT2D eigenvalue weighted by molar-refractivity contribution is 7.13. The van der Waals surface area contributed by atoms with E-state index in [1.54, 1.807) is 42.5 Å². The molecule has 0 radical (unpaired) electrons. The van der Waals surface area contributed by atoms with E-state index in [2.05, 4.69) is 10.3 Å². The molecular formula is C18H13N3O2S. The van der Waals surface area contributed by atoms with Crippen LogP contribution in [-0.4, -0.2) is 16.6 Å². The average Bonchev–Trinajstić information content (AvgIpc) is 3.07. The molecule has 24 heavy (non-hydrogen) atoms. The minimum atomic E-state index is -0.154. The summed E-state index contributed by atoms with van der Waals surface area (Å²) in [5.74, 6) is -0.287. The lowest BCUT2D eigenvalue weighted by Crippen LogP contribution is -2.22. The van der Waals surface area contributed by atoms with Gasteiger partial charge in [-0.05, 0) is 6.07 Å². The molecule has 1 aromatic heterocycles. The third kappa shape index (κ3) is 2.24. The fraction of sp³-hybridized carbons (Fsp3) is 0.0556. The molecule has 0 spiro atoms. The molecule has 0 aliphatic heterocycles. The number of hydrogen-bond acceptors (Lipinski definition) is 6. The molecule has 0 saturated carbocycles. The van der Waals surface area contributed by atoms with Crippen LogP contribution < -0.4 is 11.1 Å². The van der Waals surface area contributed by atoms with E-state index in [0.717, 1.165) is 5.69 Å². The van der Waals surface area contributed by atoms with E-state index < -0.39 is 0 Å². The quantitative estimate of drug-likeness (QED) is 0.601. The maximum absolute atomic E-state index is 12.9. The molecule has 1 aliphatic carbocycles. The number of rotatable bonds is 3. The Bertz CT molecular complexity index is 978. The third-order valence-corrected chi connectivity index (χ3v) is 4.76. The number of carbonyl (C=O) groups excluding carboxylic acids is 2. The second-order valence-electron chi connectivity index (χ2n) is 5.41. The summed E-state index contributed by atoms with van der Waals surface area (Å²) in [5, 5.41) is 5.65. The van der Waals surface area contributed by atoms with Crippen molar-refractivity contribution >= 4 is 33.7 Å². The number of nitrogens with one attached hydrogen (secondary N) is 1. The molecule has 0 bridgehead atoms. The van der Waals surface area contributed by atoms with E-state index in [-0.39, 0.29) is 11.6 Å². The summed E-state index contributed by atoms with van der Waals surface area (Å²) >= 11 is 1.41. The van der Waals surface area contributed by atoms with Gasteiger partial charge in [0.1, 0.15) is 0 Å². The van der Waals surface area contributed by atoms with Crippen LogP contribution in [0.25, 0.3) is 0 Å². The Hall–Kier alpha value is -2.83. The minimum absolute atomic E-state index is 0.134. The summed E-state index contributed by atoms with van der Waals surface area (Å²) in [6, 6.07) is 12.1. The fourth-order valence-corrected chi connectivity index (χ4v) is 3.56. The first kappa shape index (κ1) is 14.7. The normalized spacial score (nSPS) is 12.7. The number of fused-ring (bicyclic) bond motifs is 2. The SMILES string of the molecule is NCc1csc(Nc2cccc3c2C(=O)c2ccccc2C3=O)n1. The Balaban J connectivity index is 1.82. The lowest BCUT2D eigenvalue weighted by atomic mass is 9.83. The number of ketones is 2. The van der Waals surface area contributed by atoms with E-state index in [4.69, 9.17) is 5.73 Å². The molecule has 0 amide bonds. The Kier molecular flexibility index (Phi) is 3.48. The molecule has 0 fully saturated rings. The molecule has 4 rings (SSSR count). The number of hydrogen-bond donors (Lipinski definition) is 2. The van der Waals surface area contributed by atoms with E-state index >= 15 is 0 Å². The standard InChI is InChI=1S/C18H13N3O2S/c19-8-10-9-24-18(20-10)21-14-7-3-6-13-15(14)17(23)12-5-2-1-4-11(12)16(13)22/h1-7,9H,8,19H2,(H,20,21). The maximum atomic E-state index is 12.9. The van der Waals surface area contributed by atoms with Crippen molar-refractivity contribution in [2.24, 2.45) is 5.73 Å². The van der Waals surface area contributed by atoms with Crippen molar-refractivity contribution in [1.29, 1.82) is 0 Å². The minimum Gasteiger partial charge on any atom is -0.331 e. The summed E-state index contributed by atoms with van der Waals surface area (Å²) in [5.41, 5.74) is 8.64. The highest BCUT2D eigenvalue weighted by Gasteiger charge is 2.31. The van der Waals surface area contributed by atoms with Crippen molar-refractivity contribution in [3.05, 3.63) is 75.8 Å². The van der Waals surface area contributed by atoms with Crippen LogP contribution in [0.1, 0.15) is 37.5 Å². The van der Waals surface area contributed by atoms with Crippen LogP contribution in [-0.2, 0) is 6.54 Å². The van der Waals surface area contributed by atoms with Crippen molar-refractivity contribution in [2.45, 2.75) is 6.54 Å². The number of anilines is 2. The largest absolute Gasteiger partial charge is 0.331 e. The topological polar surface area (TPSA) is 85.1 Å². The van der Waals surface area contributed by atoms with Gasteiger partial charge in [0, 0.05) is 28.6 Å². The van der Waals surface area contributed by atoms with Crippen LogP contribution in [0.2, 0.25) is 0 Å². The van der Waals surface area contributed by atoms with Crippen molar-refractivity contribution < 1.29 is 9.59 Å². The molecule has 0 unspecified atom stereocenters. The van der Waals surface area contributed by atoms with Gasteiger partial charge in [-0.15, -0.1) is 11.3 Å². The molecule has 0 saturated heterocycles. The molecule has 118 valence electrons. The van der Waals surface area contributed by atoms with E-state index in [9.17, 15) is 9.59 Å². The average molecular weight is 335 g/mol. The van der Waals surface area contributed by atoms with Gasteiger partial charge in [-0.2, -0.15) is 0 Å². The lowest BCUT2D eigenvalue weighted by molar-refractivity contribution is 0.0979. The maximum Gasteiger partial charge on any atom is 0.196 e. The lowest BCUT2D eigenvalue weighted by Gasteiger charge is -2.20. The smallest absolute Gasteiger partial charge is 0.196 e. The van der Waals surface area contributed by atoms with Gasteiger partial charge >= 0.3 is 0 Å². The second-order valence-corrected chi connectivity index (χ2v) is 6.26. The van der Waals surface area contributed by atoms with Gasteiger partial charge in [0.15, 0.2) is 16.7 Å². The Morgan fingerprint density at radius 1 is 0.958 bits per heavy atom. The Morgan fingerprint density at radius 2 is 1.67 bits per heavy atom. The van der Waals surface area contributed by atoms with Crippen LogP contribution in [0.15, 0.2) is 47.8 Å². The van der Waals surface area contributed by atoms with Gasteiger partial charge in [0.05, 0.1) is 16.9 Å². The van der Waals surface area contributed by atoms with Gasteiger partial charge in [0.25, 0.3) is 0 Å². The first-order valence-corrected chi connectivity index (χ1v) is 8.30. The van der Waals surface area contributed by atoms with Crippen molar-refractivity contribution in [3.63, 3.8) is 0 Å². The number of nitrogens with zero attached hydrogens (tertiary/aromatic N) is 1. The summed E-state index contributed by atoms with van der Waals surface area (Å²) in [7, 11) is 0. The van der Waals surface area contributed by atoms with Gasteiger partial charge in [-0.1, -0.05) is 36.4 Å². The summed E-state index contributed by atoms with van der Waals surface area (Å²) in [6.07, 6.45) is 0.